The molecule has 0 N–H and O–H groups in total. The summed E-state index contributed by atoms with van der Waals surface area (Å²) >= 11 is 0. The van der Waals surface area contributed by atoms with Crippen LogP contribution in [0.2, 0.25) is 0 Å². The summed E-state index contributed by atoms with van der Waals surface area (Å²) in [4.78, 5) is 38.1. The topological polar surface area (TPSA) is 78.9 Å². The third-order valence-electron chi connectivity index (χ3n) is 11.7. The van der Waals surface area contributed by atoms with E-state index in [-0.39, 0.29) is 31.1 Å². The minimum Gasteiger partial charge on any atom is -0.462 e. The van der Waals surface area contributed by atoms with Crippen LogP contribution in [0, 0.1) is 0 Å². The van der Waals surface area contributed by atoms with Crippen molar-refractivity contribution in [2.45, 2.75) is 264 Å². The van der Waals surface area contributed by atoms with Crippen molar-refractivity contribution in [1.29, 1.82) is 0 Å². The molecule has 378 valence electrons. The van der Waals surface area contributed by atoms with E-state index in [2.05, 4.69) is 69.4 Å². The molecule has 6 nitrogen and oxygen atoms in total. The molecule has 0 amide bonds. The lowest BCUT2D eigenvalue weighted by atomic mass is 10.1. The molecular weight excluding hydrogens is 817 g/mol. The normalized spacial score (nSPS) is 12.7. The highest BCUT2D eigenvalue weighted by Gasteiger charge is 2.19. The smallest absolute Gasteiger partial charge is 0.306 e. The highest BCUT2D eigenvalue weighted by molar-refractivity contribution is 5.71. The molecule has 0 radical (unpaired) electrons. The van der Waals surface area contributed by atoms with Gasteiger partial charge in [-0.25, -0.2) is 0 Å². The zero-order valence-electron chi connectivity index (χ0n) is 43.2. The summed E-state index contributed by atoms with van der Waals surface area (Å²) in [5.74, 6) is -0.955. The van der Waals surface area contributed by atoms with Gasteiger partial charge >= 0.3 is 17.9 Å². The lowest BCUT2D eigenvalue weighted by Gasteiger charge is -2.18. The molecule has 1 unspecified atom stereocenters. The zero-order valence-corrected chi connectivity index (χ0v) is 43.2. The van der Waals surface area contributed by atoms with Crippen molar-refractivity contribution in [2.24, 2.45) is 0 Å². The Kier molecular flexibility index (Phi) is 51.4. The van der Waals surface area contributed by atoms with Gasteiger partial charge in [-0.3, -0.25) is 14.4 Å². The van der Waals surface area contributed by atoms with Crippen molar-refractivity contribution < 1.29 is 28.6 Å². The van der Waals surface area contributed by atoms with Gasteiger partial charge in [0, 0.05) is 19.3 Å². The van der Waals surface area contributed by atoms with E-state index in [1.807, 2.05) is 36.5 Å². The highest BCUT2D eigenvalue weighted by Crippen LogP contribution is 2.14. The van der Waals surface area contributed by atoms with Crippen LogP contribution in [0.1, 0.15) is 258 Å². The van der Waals surface area contributed by atoms with Gasteiger partial charge in [-0.2, -0.15) is 0 Å². The van der Waals surface area contributed by atoms with E-state index in [4.69, 9.17) is 14.2 Å². The fourth-order valence-electron chi connectivity index (χ4n) is 7.56. The minimum atomic E-state index is -0.802. The van der Waals surface area contributed by atoms with Crippen molar-refractivity contribution in [3.63, 3.8) is 0 Å². The van der Waals surface area contributed by atoms with Crippen molar-refractivity contribution in [1.82, 2.24) is 0 Å². The summed E-state index contributed by atoms with van der Waals surface area (Å²) < 4.78 is 16.8. The Hall–Kier alpha value is -3.41. The van der Waals surface area contributed by atoms with Crippen molar-refractivity contribution in [3.8, 4) is 0 Å². The van der Waals surface area contributed by atoms with Crippen LogP contribution in [0.3, 0.4) is 0 Å². The predicted octanol–water partition coefficient (Wildman–Crippen LogP) is 18.4. The monoisotopic (exact) mass is 919 g/mol. The van der Waals surface area contributed by atoms with Crippen LogP contribution in [-0.4, -0.2) is 37.2 Å². The van der Waals surface area contributed by atoms with Gasteiger partial charge in [0.1, 0.15) is 13.2 Å². The number of hydrogen-bond acceptors (Lipinski definition) is 6. The molecule has 0 saturated heterocycles. The molecule has 0 saturated carbocycles. The Morgan fingerprint density at radius 1 is 0.318 bits per heavy atom. The average molecular weight is 919 g/mol. The first-order valence-electron chi connectivity index (χ1n) is 27.7. The van der Waals surface area contributed by atoms with Crippen LogP contribution in [0.4, 0.5) is 0 Å². The summed E-state index contributed by atoms with van der Waals surface area (Å²) in [7, 11) is 0. The van der Waals surface area contributed by atoms with Crippen molar-refractivity contribution in [3.05, 3.63) is 85.1 Å². The second-order valence-electron chi connectivity index (χ2n) is 18.2. The van der Waals surface area contributed by atoms with Gasteiger partial charge in [-0.05, 0) is 89.9 Å². The quantitative estimate of drug-likeness (QED) is 0.0199. The lowest BCUT2D eigenvalue weighted by Crippen LogP contribution is -2.30. The van der Waals surface area contributed by atoms with Gasteiger partial charge in [0.2, 0.25) is 0 Å². The zero-order chi connectivity index (χ0) is 47.9. The fraction of sp³-hybridized carbons (Fsp3) is 0.717. The van der Waals surface area contributed by atoms with Gasteiger partial charge in [0.25, 0.3) is 0 Å². The van der Waals surface area contributed by atoms with Crippen molar-refractivity contribution >= 4 is 17.9 Å². The summed E-state index contributed by atoms with van der Waals surface area (Å²) in [5, 5.41) is 0. The first-order chi connectivity index (χ1) is 32.5. The molecule has 0 aromatic heterocycles. The summed E-state index contributed by atoms with van der Waals surface area (Å²) in [6, 6.07) is 0. The Morgan fingerprint density at radius 2 is 0.606 bits per heavy atom. The molecule has 0 aromatic carbocycles. The van der Waals surface area contributed by atoms with Crippen molar-refractivity contribution in [2.75, 3.05) is 13.2 Å². The maximum absolute atomic E-state index is 12.8. The maximum Gasteiger partial charge on any atom is 0.306 e. The third kappa shape index (κ3) is 51.6. The summed E-state index contributed by atoms with van der Waals surface area (Å²) in [5.41, 5.74) is 0. The third-order valence-corrected chi connectivity index (χ3v) is 11.7. The van der Waals surface area contributed by atoms with E-state index < -0.39 is 6.10 Å². The van der Waals surface area contributed by atoms with E-state index in [0.717, 1.165) is 89.9 Å². The summed E-state index contributed by atoms with van der Waals surface area (Å²) in [6.45, 7) is 6.44. The molecule has 0 heterocycles. The number of unbranched alkanes of at least 4 members (excludes halogenated alkanes) is 28. The molecule has 0 bridgehead atoms. The highest BCUT2D eigenvalue weighted by atomic mass is 16.6. The van der Waals surface area contributed by atoms with E-state index >= 15 is 0 Å². The molecule has 0 fully saturated rings. The van der Waals surface area contributed by atoms with Crippen LogP contribution in [0.15, 0.2) is 85.1 Å². The average Bonchev–Trinajstić information content (AvgIpc) is 3.31. The molecule has 0 rings (SSSR count). The lowest BCUT2D eigenvalue weighted by molar-refractivity contribution is -0.167. The molecule has 0 aromatic rings. The SMILES string of the molecule is CC/C=C/C=C/C=C/C=C/CCCCCC(=O)OCC(COC(=O)CCCCCCC/C=C/C=C/CCCCCCCCC)OC(=O)CCCCCCCCC/C=C/CCCCCCCC. The van der Waals surface area contributed by atoms with Crippen LogP contribution in [0.5, 0.6) is 0 Å². The van der Waals surface area contributed by atoms with Gasteiger partial charge < -0.3 is 14.2 Å². The Morgan fingerprint density at radius 3 is 1.00 bits per heavy atom. The van der Waals surface area contributed by atoms with E-state index in [9.17, 15) is 14.4 Å². The van der Waals surface area contributed by atoms with E-state index in [0.29, 0.717) is 19.3 Å². The van der Waals surface area contributed by atoms with E-state index in [1.54, 1.807) is 0 Å². The predicted molar refractivity (Wildman–Crippen MR) is 284 cm³/mol. The van der Waals surface area contributed by atoms with Crippen LogP contribution in [0.25, 0.3) is 0 Å². The number of rotatable bonds is 49. The minimum absolute atomic E-state index is 0.0993. The second kappa shape index (κ2) is 54.2. The molecule has 0 spiro atoms. The largest absolute Gasteiger partial charge is 0.462 e. The van der Waals surface area contributed by atoms with Gasteiger partial charge in [0.05, 0.1) is 0 Å². The van der Waals surface area contributed by atoms with Crippen LogP contribution in [-0.2, 0) is 28.6 Å². The molecule has 1 atom stereocenters. The second-order valence-corrected chi connectivity index (χ2v) is 18.2. The Bertz CT molecular complexity index is 1290. The van der Waals surface area contributed by atoms with Crippen LogP contribution >= 0.6 is 0 Å². The molecule has 0 aliphatic rings. The first kappa shape index (κ1) is 62.6. The number of carbonyl (C=O) groups excluding carboxylic acids is 3. The Labute approximate surface area is 407 Å². The van der Waals surface area contributed by atoms with Gasteiger partial charge in [-0.1, -0.05) is 234 Å². The standard InChI is InChI=1S/C60H102O6/c1-4-7-10-13-16-19-22-25-27-29-31-32-35-38-41-44-47-50-53-59(62)65-56-57(55-64-58(61)52-49-46-43-40-37-34-24-21-18-15-12-9-6-3)66-60(63)54-51-48-45-42-39-36-33-30-28-26-23-20-17-14-11-8-5-2/h9,12,15,18,21,24,26-29,31-32,34,37,57H,4-8,10-11,13-14,16-17,19-20,22-23,25,30,33,35-36,38-56H2,1-3H3/b12-9+,18-15+,24-21+,28-26+,29-27+,32-31+,37-34+. The molecule has 66 heavy (non-hydrogen) atoms. The maximum atomic E-state index is 12.8. The number of allylic oxidation sites excluding steroid dienone is 14. The van der Waals surface area contributed by atoms with Gasteiger partial charge in [-0.15, -0.1) is 0 Å². The van der Waals surface area contributed by atoms with Crippen LogP contribution < -0.4 is 0 Å². The number of esters is 3. The molecule has 6 heteroatoms. The first-order valence-corrected chi connectivity index (χ1v) is 27.7. The number of carbonyl (C=O) groups is 3. The molecule has 0 aliphatic carbocycles. The van der Waals surface area contributed by atoms with E-state index in [1.165, 1.54) is 128 Å². The summed E-state index contributed by atoms with van der Waals surface area (Å²) in [6.07, 6.45) is 70.0. The molecular formula is C60H102O6. The molecule has 0 aliphatic heterocycles. The van der Waals surface area contributed by atoms with Gasteiger partial charge in [0.15, 0.2) is 6.10 Å². The Balaban J connectivity index is 4.45. The number of hydrogen-bond donors (Lipinski definition) is 0. The fourth-order valence-corrected chi connectivity index (χ4v) is 7.56. The number of ether oxygens (including phenoxy) is 3.